The van der Waals surface area contributed by atoms with E-state index in [1.54, 1.807) is 4.57 Å². The molecule has 1 saturated heterocycles. The normalized spacial score (nSPS) is 22.9. The second-order valence-electron chi connectivity index (χ2n) is 6.71. The van der Waals surface area contributed by atoms with Crippen molar-refractivity contribution in [2.45, 2.75) is 45.3 Å². The van der Waals surface area contributed by atoms with Crippen LogP contribution in [0.4, 0.5) is 5.82 Å². The topological polar surface area (TPSA) is 158 Å². The molecule has 0 amide bonds. The largest absolute Gasteiger partial charge is 0.465 e. The van der Waals surface area contributed by atoms with Crippen molar-refractivity contribution >= 4 is 46.7 Å². The predicted octanol–water partition coefficient (Wildman–Crippen LogP) is 0.466. The quantitative estimate of drug-likeness (QED) is 0.335. The molecule has 4 atom stereocenters. The maximum absolute atomic E-state index is 11.8. The summed E-state index contributed by atoms with van der Waals surface area (Å²) >= 11 is 1.45. The number of imidazole rings is 1. The Hall–Kier alpha value is -2.93. The molecule has 0 aliphatic carbocycles. The first-order valence-electron chi connectivity index (χ1n) is 9.42. The molecule has 1 aliphatic heterocycles. The van der Waals surface area contributed by atoms with Gasteiger partial charge in [-0.3, -0.25) is 19.0 Å². The first-order chi connectivity index (χ1) is 14.8. The number of nitrogen functional groups attached to an aromatic ring is 1. The van der Waals surface area contributed by atoms with Gasteiger partial charge in [0.1, 0.15) is 24.6 Å². The highest BCUT2D eigenvalue weighted by Crippen LogP contribution is 2.37. The van der Waals surface area contributed by atoms with Crippen LogP contribution >= 0.6 is 11.8 Å². The lowest BCUT2D eigenvalue weighted by atomic mass is 10.1. The summed E-state index contributed by atoms with van der Waals surface area (Å²) in [6.07, 6.45) is -0.503. The molecule has 1 aliphatic rings. The number of rotatable bonds is 8. The van der Waals surface area contributed by atoms with Crippen molar-refractivity contribution < 1.29 is 33.3 Å². The molecule has 31 heavy (non-hydrogen) atoms. The van der Waals surface area contributed by atoms with Crippen molar-refractivity contribution in [3.8, 4) is 0 Å². The van der Waals surface area contributed by atoms with Gasteiger partial charge in [-0.05, 0) is 0 Å². The maximum atomic E-state index is 11.8. The van der Waals surface area contributed by atoms with Gasteiger partial charge in [0.2, 0.25) is 0 Å². The summed E-state index contributed by atoms with van der Waals surface area (Å²) in [4.78, 5) is 46.8. The Kier molecular flexibility index (Phi) is 7.28. The van der Waals surface area contributed by atoms with Crippen molar-refractivity contribution in [3.63, 3.8) is 0 Å². The van der Waals surface area contributed by atoms with Gasteiger partial charge in [0.25, 0.3) is 0 Å². The molecule has 2 aromatic heterocycles. The predicted molar refractivity (Wildman–Crippen MR) is 109 cm³/mol. The lowest BCUT2D eigenvalue weighted by Gasteiger charge is -2.23. The average molecular weight is 453 g/mol. The van der Waals surface area contributed by atoms with Crippen LogP contribution in [0, 0.1) is 0 Å². The van der Waals surface area contributed by atoms with Crippen LogP contribution in [0.2, 0.25) is 0 Å². The minimum atomic E-state index is -0.936. The number of fused-ring (bicyclic) bond motifs is 1. The van der Waals surface area contributed by atoms with Gasteiger partial charge in [-0.15, -0.1) is 0 Å². The van der Waals surface area contributed by atoms with E-state index in [4.69, 9.17) is 24.7 Å². The summed E-state index contributed by atoms with van der Waals surface area (Å²) in [6, 6.07) is 0. The molecule has 2 N–H and O–H groups in total. The molecule has 0 aromatic carbocycles. The summed E-state index contributed by atoms with van der Waals surface area (Å²) in [6.45, 7) is 4.10. The van der Waals surface area contributed by atoms with Crippen molar-refractivity contribution in [2.75, 3.05) is 23.8 Å². The SMILES string of the molecule is CC(=O)OCCSC[C@H]1O[C@@H](n2cnc3c(N)ncnc32)[C@H](OC(C)=O)[C@@H]1OC(C)=O. The van der Waals surface area contributed by atoms with Crippen LogP contribution in [-0.4, -0.2) is 73.9 Å². The maximum Gasteiger partial charge on any atom is 0.303 e. The van der Waals surface area contributed by atoms with E-state index >= 15 is 0 Å². The van der Waals surface area contributed by atoms with Crippen molar-refractivity contribution in [1.82, 2.24) is 19.5 Å². The standard InChI is InChI=1S/C18H23N5O7S/c1-9(24)27-4-5-31-6-12-14(28-10(2)25)15(29-11(3)26)18(30-12)23-8-22-13-16(19)20-7-21-17(13)23/h7-8,12,14-15,18H,4-6H2,1-3H3,(H2,19,20,21)/t12-,14-,15-,18-/m1/s1. The van der Waals surface area contributed by atoms with E-state index in [0.29, 0.717) is 22.7 Å². The van der Waals surface area contributed by atoms with Crippen LogP contribution in [0.1, 0.15) is 27.0 Å². The average Bonchev–Trinajstić information content (AvgIpc) is 3.24. The Balaban J connectivity index is 1.86. The smallest absolute Gasteiger partial charge is 0.303 e. The molecule has 168 valence electrons. The monoisotopic (exact) mass is 453 g/mol. The molecule has 3 rings (SSSR count). The van der Waals surface area contributed by atoms with Gasteiger partial charge < -0.3 is 24.7 Å². The zero-order valence-corrected chi connectivity index (χ0v) is 18.0. The minimum absolute atomic E-state index is 0.194. The van der Waals surface area contributed by atoms with E-state index in [9.17, 15) is 14.4 Å². The number of nitrogens with two attached hydrogens (primary N) is 1. The molecule has 0 radical (unpaired) electrons. The molecule has 1 fully saturated rings. The molecule has 13 heteroatoms. The Morgan fingerprint density at radius 1 is 1.10 bits per heavy atom. The first kappa shape index (κ1) is 22.7. The highest BCUT2D eigenvalue weighted by Gasteiger charge is 2.50. The Morgan fingerprint density at radius 3 is 2.48 bits per heavy atom. The molecule has 12 nitrogen and oxygen atoms in total. The molecule has 0 saturated carbocycles. The summed E-state index contributed by atoms with van der Waals surface area (Å²) in [5.74, 6) is -0.344. The highest BCUT2D eigenvalue weighted by atomic mass is 32.2. The van der Waals surface area contributed by atoms with E-state index in [-0.39, 0.29) is 18.4 Å². The Labute approximate surface area is 181 Å². The van der Waals surface area contributed by atoms with Gasteiger partial charge in [-0.25, -0.2) is 15.0 Å². The number of nitrogens with zero attached hydrogens (tertiary/aromatic N) is 4. The van der Waals surface area contributed by atoms with Crippen molar-refractivity contribution in [3.05, 3.63) is 12.7 Å². The summed E-state index contributed by atoms with van der Waals surface area (Å²) in [5, 5.41) is 0. The molecular weight excluding hydrogens is 430 g/mol. The van der Waals surface area contributed by atoms with Crippen molar-refractivity contribution in [1.29, 1.82) is 0 Å². The first-order valence-corrected chi connectivity index (χ1v) is 10.6. The number of carbonyl (C=O) groups is 3. The van der Waals surface area contributed by atoms with Crippen LogP contribution in [0.15, 0.2) is 12.7 Å². The number of esters is 3. The number of hydrogen-bond acceptors (Lipinski definition) is 12. The van der Waals surface area contributed by atoms with E-state index in [1.165, 1.54) is 45.2 Å². The van der Waals surface area contributed by atoms with Gasteiger partial charge in [0.15, 0.2) is 29.9 Å². The fourth-order valence-corrected chi connectivity index (χ4v) is 4.09. The number of thioether (sulfide) groups is 1. The zero-order chi connectivity index (χ0) is 22.5. The van der Waals surface area contributed by atoms with E-state index in [0.717, 1.165) is 0 Å². The highest BCUT2D eigenvalue weighted by molar-refractivity contribution is 7.99. The minimum Gasteiger partial charge on any atom is -0.465 e. The van der Waals surface area contributed by atoms with Crippen LogP contribution < -0.4 is 5.73 Å². The zero-order valence-electron chi connectivity index (χ0n) is 17.2. The van der Waals surface area contributed by atoms with Crippen LogP contribution in [0.25, 0.3) is 11.2 Å². The third kappa shape index (κ3) is 5.41. The van der Waals surface area contributed by atoms with Crippen LogP contribution in [-0.2, 0) is 33.3 Å². The molecule has 3 heterocycles. The second kappa shape index (κ2) is 9.92. The van der Waals surface area contributed by atoms with Crippen LogP contribution in [0.5, 0.6) is 0 Å². The molecule has 2 aromatic rings. The van der Waals surface area contributed by atoms with E-state index in [1.807, 2.05) is 0 Å². The number of aromatic nitrogens is 4. The van der Waals surface area contributed by atoms with E-state index < -0.39 is 36.5 Å². The second-order valence-corrected chi connectivity index (χ2v) is 7.86. The van der Waals surface area contributed by atoms with Gasteiger partial charge >= 0.3 is 17.9 Å². The van der Waals surface area contributed by atoms with E-state index in [2.05, 4.69) is 15.0 Å². The van der Waals surface area contributed by atoms with Crippen molar-refractivity contribution in [2.24, 2.45) is 0 Å². The number of carbonyl (C=O) groups excluding carboxylic acids is 3. The van der Waals surface area contributed by atoms with Gasteiger partial charge in [-0.2, -0.15) is 11.8 Å². The molecule has 0 bridgehead atoms. The summed E-state index contributed by atoms with van der Waals surface area (Å²) in [5.41, 5.74) is 6.62. The third-order valence-electron chi connectivity index (χ3n) is 4.37. The van der Waals surface area contributed by atoms with Gasteiger partial charge in [-0.1, -0.05) is 0 Å². The van der Waals surface area contributed by atoms with Gasteiger partial charge in [0.05, 0.1) is 6.33 Å². The molecule has 0 spiro atoms. The number of ether oxygens (including phenoxy) is 4. The molecule has 0 unspecified atom stereocenters. The Morgan fingerprint density at radius 2 is 1.81 bits per heavy atom. The third-order valence-corrected chi connectivity index (χ3v) is 5.39. The fraction of sp³-hybridized carbons (Fsp3) is 0.556. The lowest BCUT2D eigenvalue weighted by Crippen LogP contribution is -2.39. The Bertz CT molecular complexity index is 968. The fourth-order valence-electron chi connectivity index (χ4n) is 3.22. The number of anilines is 1. The summed E-state index contributed by atoms with van der Waals surface area (Å²) in [7, 11) is 0. The molecular formula is C18H23N5O7S. The number of hydrogen-bond donors (Lipinski definition) is 1. The van der Waals surface area contributed by atoms with Gasteiger partial charge in [0, 0.05) is 32.3 Å². The van der Waals surface area contributed by atoms with Crippen LogP contribution in [0.3, 0.4) is 0 Å². The summed E-state index contributed by atoms with van der Waals surface area (Å²) < 4.78 is 23.6. The lowest BCUT2D eigenvalue weighted by molar-refractivity contribution is -0.165.